The zero-order valence-corrected chi connectivity index (χ0v) is 10.2. The monoisotopic (exact) mass is 272 g/mol. The molecule has 1 N–H and O–H groups in total. The van der Waals surface area contributed by atoms with Crippen LogP contribution >= 0.6 is 0 Å². The van der Waals surface area contributed by atoms with Gasteiger partial charge in [-0.05, 0) is 38.0 Å². The first kappa shape index (κ1) is 13.1. The minimum absolute atomic E-state index is 0.146. The van der Waals surface area contributed by atoms with Crippen molar-refractivity contribution in [3.63, 3.8) is 0 Å². The van der Waals surface area contributed by atoms with E-state index in [2.05, 4.69) is 0 Å². The predicted molar refractivity (Wildman–Crippen MR) is 54.9 cm³/mol. The van der Waals surface area contributed by atoms with Crippen LogP contribution in [0.3, 0.4) is 0 Å². The van der Waals surface area contributed by atoms with Gasteiger partial charge in [0.2, 0.25) is 0 Å². The Morgan fingerprint density at radius 2 is 1.76 bits per heavy atom. The van der Waals surface area contributed by atoms with E-state index in [1.54, 1.807) is 0 Å². The smallest absolute Gasteiger partial charge is 0.283 e. The van der Waals surface area contributed by atoms with Gasteiger partial charge in [0.25, 0.3) is 5.00 Å². The highest BCUT2D eigenvalue weighted by Crippen LogP contribution is 2.57. The Balaban J connectivity index is 2.31. The van der Waals surface area contributed by atoms with Crippen molar-refractivity contribution in [1.29, 1.82) is 0 Å². The Morgan fingerprint density at radius 1 is 1.18 bits per heavy atom. The molecule has 0 aliphatic heterocycles. The van der Waals surface area contributed by atoms with Crippen LogP contribution in [0.25, 0.3) is 0 Å². The largest absolute Gasteiger partial charge is 0.306 e. The zero-order chi connectivity index (χ0) is 13.1. The van der Waals surface area contributed by atoms with E-state index in [4.69, 9.17) is 4.55 Å². The Bertz CT molecular complexity index is 419. The summed E-state index contributed by atoms with van der Waals surface area (Å²) in [5.41, 5.74) is 0. The number of fused-ring (bicyclic) bond motifs is 2. The number of hydrogen-bond donors (Lipinski definition) is 1. The molecule has 2 saturated carbocycles. The molecule has 2 fully saturated rings. The van der Waals surface area contributed by atoms with Crippen molar-refractivity contribution < 1.29 is 26.1 Å². The lowest BCUT2D eigenvalue weighted by atomic mass is 9.82. The summed E-state index contributed by atoms with van der Waals surface area (Å²) in [6.45, 7) is 0.244. The normalized spacial score (nSPS) is 37.1. The van der Waals surface area contributed by atoms with Gasteiger partial charge in [0.05, 0.1) is 0 Å². The molecule has 3 nitrogen and oxygen atoms in total. The molecule has 100 valence electrons. The summed E-state index contributed by atoms with van der Waals surface area (Å²) in [6, 6.07) is 0. The molecule has 2 rings (SSSR count). The van der Waals surface area contributed by atoms with Crippen LogP contribution in [-0.4, -0.2) is 23.9 Å². The minimum atomic E-state index is -5.43. The molecule has 2 bridgehead atoms. The molecule has 0 spiro atoms. The van der Waals surface area contributed by atoms with Crippen LogP contribution in [0.5, 0.6) is 0 Å². The molecule has 0 amide bonds. The lowest BCUT2D eigenvalue weighted by Crippen LogP contribution is -2.53. The van der Waals surface area contributed by atoms with Gasteiger partial charge in [-0.25, -0.2) is 13.2 Å². The van der Waals surface area contributed by atoms with Crippen molar-refractivity contribution in [3.05, 3.63) is 0 Å². The van der Waals surface area contributed by atoms with Crippen molar-refractivity contribution in [3.8, 4) is 0 Å². The summed E-state index contributed by atoms with van der Waals surface area (Å²) >= 11 is 0. The highest BCUT2D eigenvalue weighted by Gasteiger charge is 2.67. The van der Waals surface area contributed by atoms with E-state index in [-0.39, 0.29) is 25.2 Å². The fourth-order valence-corrected chi connectivity index (χ4v) is 3.69. The maximum atomic E-state index is 13.9. The zero-order valence-electron chi connectivity index (χ0n) is 9.37. The summed E-state index contributed by atoms with van der Waals surface area (Å²) in [6.07, 6.45) is 2.20. The average Bonchev–Trinajstić information content (AvgIpc) is 2.76. The second-order valence-electron chi connectivity index (χ2n) is 5.30. The van der Waals surface area contributed by atoms with E-state index in [1.165, 1.54) is 0 Å². The standard InChI is InChI=1S/C10H15F3O3S/c1-9(11,17(14,15)16)10(12,13)8-5-6-2-3-7(8)4-6/h6-8H,2-5H2,1H3,(H,14,15,16). The van der Waals surface area contributed by atoms with Crippen LogP contribution in [0, 0.1) is 17.8 Å². The number of alkyl halides is 3. The second-order valence-corrected chi connectivity index (χ2v) is 7.01. The van der Waals surface area contributed by atoms with E-state index >= 15 is 0 Å². The molecule has 4 atom stereocenters. The van der Waals surface area contributed by atoms with Crippen molar-refractivity contribution in [2.75, 3.05) is 0 Å². The van der Waals surface area contributed by atoms with Crippen LogP contribution in [0.15, 0.2) is 0 Å². The topological polar surface area (TPSA) is 54.4 Å². The lowest BCUT2D eigenvalue weighted by Gasteiger charge is -2.36. The van der Waals surface area contributed by atoms with Gasteiger partial charge in [0.1, 0.15) is 0 Å². The molecule has 17 heavy (non-hydrogen) atoms. The molecule has 2 aliphatic carbocycles. The Kier molecular flexibility index (Phi) is 2.78. The van der Waals surface area contributed by atoms with E-state index in [9.17, 15) is 21.6 Å². The number of hydrogen-bond acceptors (Lipinski definition) is 2. The van der Waals surface area contributed by atoms with Crippen LogP contribution in [0.4, 0.5) is 13.2 Å². The van der Waals surface area contributed by atoms with Crippen molar-refractivity contribution in [1.82, 2.24) is 0 Å². The third-order valence-electron chi connectivity index (χ3n) is 4.28. The van der Waals surface area contributed by atoms with Gasteiger partial charge in [0, 0.05) is 5.92 Å². The highest BCUT2D eigenvalue weighted by atomic mass is 32.2. The molecule has 0 aromatic heterocycles. The average molecular weight is 272 g/mol. The fraction of sp³-hybridized carbons (Fsp3) is 1.00. The molecule has 7 heteroatoms. The van der Waals surface area contributed by atoms with E-state index in [0.717, 1.165) is 6.42 Å². The fourth-order valence-electron chi connectivity index (χ4n) is 3.19. The molecular formula is C10H15F3O3S. The van der Waals surface area contributed by atoms with Crippen molar-refractivity contribution in [2.45, 2.75) is 43.5 Å². The molecule has 0 radical (unpaired) electrons. The van der Waals surface area contributed by atoms with Gasteiger partial charge in [-0.1, -0.05) is 6.42 Å². The van der Waals surface area contributed by atoms with E-state index in [1.807, 2.05) is 0 Å². The predicted octanol–water partition coefficient (Wildman–Crippen LogP) is 2.63. The molecule has 0 aromatic rings. The lowest BCUT2D eigenvalue weighted by molar-refractivity contribution is -0.147. The Hall–Kier alpha value is -0.300. The van der Waals surface area contributed by atoms with Crippen LogP contribution in [-0.2, 0) is 10.1 Å². The molecule has 0 saturated heterocycles. The van der Waals surface area contributed by atoms with Gasteiger partial charge in [-0.3, -0.25) is 4.55 Å². The SMILES string of the molecule is CC(F)(C(F)(F)C1CC2CCC1C2)S(=O)(=O)O. The van der Waals surface area contributed by atoms with Crippen LogP contribution < -0.4 is 0 Å². The molecule has 2 aliphatic rings. The third kappa shape index (κ3) is 1.78. The summed E-state index contributed by atoms with van der Waals surface area (Å²) in [5.74, 6) is -5.50. The maximum Gasteiger partial charge on any atom is 0.306 e. The van der Waals surface area contributed by atoms with E-state index in [0.29, 0.717) is 12.8 Å². The molecule has 4 unspecified atom stereocenters. The van der Waals surface area contributed by atoms with Gasteiger partial charge >= 0.3 is 16.0 Å². The second kappa shape index (κ2) is 3.60. The Morgan fingerprint density at radius 3 is 2.12 bits per heavy atom. The van der Waals surface area contributed by atoms with Gasteiger partial charge in [-0.2, -0.15) is 8.42 Å². The van der Waals surface area contributed by atoms with Crippen LogP contribution in [0.2, 0.25) is 0 Å². The first-order chi connectivity index (χ1) is 7.57. The van der Waals surface area contributed by atoms with Crippen LogP contribution in [0.1, 0.15) is 32.6 Å². The quantitative estimate of drug-likeness (QED) is 0.803. The van der Waals surface area contributed by atoms with Gasteiger partial charge in [0.15, 0.2) is 0 Å². The van der Waals surface area contributed by atoms with Crippen molar-refractivity contribution >= 4 is 10.1 Å². The summed E-state index contributed by atoms with van der Waals surface area (Å²) < 4.78 is 71.8. The third-order valence-corrected chi connectivity index (χ3v) is 5.52. The highest BCUT2D eigenvalue weighted by molar-refractivity contribution is 7.87. The molecular weight excluding hydrogens is 257 g/mol. The first-order valence-corrected chi connectivity index (χ1v) is 7.05. The van der Waals surface area contributed by atoms with Gasteiger partial charge in [-0.15, -0.1) is 0 Å². The maximum absolute atomic E-state index is 13.9. The first-order valence-electron chi connectivity index (χ1n) is 5.61. The molecule has 0 heterocycles. The van der Waals surface area contributed by atoms with Crippen molar-refractivity contribution in [2.24, 2.45) is 17.8 Å². The molecule has 0 aromatic carbocycles. The summed E-state index contributed by atoms with van der Waals surface area (Å²) in [5, 5.41) is -3.91. The Labute approximate surface area is 98.1 Å². The van der Waals surface area contributed by atoms with Gasteiger partial charge < -0.3 is 0 Å². The number of halogens is 3. The summed E-state index contributed by atoms with van der Waals surface area (Å²) in [7, 11) is -5.43. The minimum Gasteiger partial charge on any atom is -0.283 e. The number of rotatable bonds is 3. The van der Waals surface area contributed by atoms with E-state index < -0.39 is 27.0 Å². The summed E-state index contributed by atoms with van der Waals surface area (Å²) in [4.78, 5) is 0.